The summed E-state index contributed by atoms with van der Waals surface area (Å²) in [7, 11) is 2.50. The smallest absolute Gasteiger partial charge is 0.325 e. The maximum atomic E-state index is 12.5. The van der Waals surface area contributed by atoms with Crippen molar-refractivity contribution in [3.05, 3.63) is 40.9 Å². The van der Waals surface area contributed by atoms with E-state index in [1.807, 2.05) is 24.3 Å². The second-order valence-corrected chi connectivity index (χ2v) is 6.64. The molecule has 0 unspecified atom stereocenters. The van der Waals surface area contributed by atoms with Gasteiger partial charge in [0.25, 0.3) is 11.1 Å². The Morgan fingerprint density at radius 1 is 1.07 bits per heavy atom. The number of benzene rings is 1. The number of hydrogen-bond acceptors (Lipinski definition) is 7. The van der Waals surface area contributed by atoms with Crippen molar-refractivity contribution in [1.82, 2.24) is 9.47 Å². The van der Waals surface area contributed by atoms with Gasteiger partial charge in [-0.1, -0.05) is 18.2 Å². The van der Waals surface area contributed by atoms with Crippen LogP contribution < -0.4 is 0 Å². The Morgan fingerprint density at radius 3 is 2.44 bits per heavy atom. The lowest BCUT2D eigenvalue weighted by Crippen LogP contribution is -2.34. The molecule has 1 aliphatic rings. The van der Waals surface area contributed by atoms with Gasteiger partial charge in [-0.25, -0.2) is 0 Å². The minimum Gasteiger partial charge on any atom is -0.468 e. The Labute approximate surface area is 158 Å². The van der Waals surface area contributed by atoms with Crippen LogP contribution in [0.4, 0.5) is 4.79 Å². The van der Waals surface area contributed by atoms with Gasteiger partial charge in [0, 0.05) is 22.7 Å². The molecule has 1 saturated heterocycles. The van der Waals surface area contributed by atoms with Gasteiger partial charge >= 0.3 is 11.9 Å². The van der Waals surface area contributed by atoms with E-state index in [0.29, 0.717) is 5.56 Å². The van der Waals surface area contributed by atoms with E-state index in [2.05, 4.69) is 4.74 Å². The Balaban J connectivity index is 1.96. The summed E-state index contributed by atoms with van der Waals surface area (Å²) in [5.74, 6) is -1.63. The molecule has 0 spiro atoms. The fourth-order valence-electron chi connectivity index (χ4n) is 2.70. The van der Waals surface area contributed by atoms with Crippen LogP contribution in [0.1, 0.15) is 5.56 Å². The molecule has 1 aromatic heterocycles. The molecule has 1 fully saturated rings. The predicted octanol–water partition coefficient (Wildman–Crippen LogP) is 2.02. The third kappa shape index (κ3) is 3.72. The first-order valence-electron chi connectivity index (χ1n) is 7.91. The van der Waals surface area contributed by atoms with Crippen LogP contribution in [0.5, 0.6) is 0 Å². The van der Waals surface area contributed by atoms with Gasteiger partial charge in [0.05, 0.1) is 19.1 Å². The molecule has 27 heavy (non-hydrogen) atoms. The number of methoxy groups -OCH3 is 2. The number of amides is 2. The summed E-state index contributed by atoms with van der Waals surface area (Å²) < 4.78 is 10.9. The number of ether oxygens (including phenoxy) is 2. The molecule has 3 rings (SSSR count). The molecule has 1 aromatic carbocycles. The molecule has 0 atom stereocenters. The average Bonchev–Trinajstić information content (AvgIpc) is 3.14. The van der Waals surface area contributed by atoms with Gasteiger partial charge in [0.15, 0.2) is 0 Å². The van der Waals surface area contributed by atoms with E-state index in [4.69, 9.17) is 4.74 Å². The first kappa shape index (κ1) is 18.7. The molecular weight excluding hydrogens is 372 g/mol. The van der Waals surface area contributed by atoms with Crippen molar-refractivity contribution in [3.8, 4) is 0 Å². The molecule has 0 saturated carbocycles. The number of carbonyl (C=O) groups is 4. The van der Waals surface area contributed by atoms with E-state index in [-0.39, 0.29) is 11.4 Å². The van der Waals surface area contributed by atoms with E-state index >= 15 is 0 Å². The molecule has 9 heteroatoms. The molecule has 0 aliphatic carbocycles. The number of esters is 2. The fourth-order valence-corrected chi connectivity index (χ4v) is 3.53. The van der Waals surface area contributed by atoms with Crippen LogP contribution in [0, 0.1) is 0 Å². The van der Waals surface area contributed by atoms with Crippen molar-refractivity contribution in [2.75, 3.05) is 20.8 Å². The van der Waals surface area contributed by atoms with Crippen LogP contribution in [0.25, 0.3) is 17.0 Å². The lowest BCUT2D eigenvalue weighted by molar-refractivity contribution is -0.143. The predicted molar refractivity (Wildman–Crippen MR) is 98.6 cm³/mol. The maximum Gasteiger partial charge on any atom is 0.325 e. The number of imide groups is 1. The number of aromatic nitrogens is 1. The molecule has 0 radical (unpaired) electrons. The number of thioether (sulfide) groups is 1. The molecule has 2 aromatic rings. The summed E-state index contributed by atoms with van der Waals surface area (Å²) in [5.41, 5.74) is 1.47. The van der Waals surface area contributed by atoms with Gasteiger partial charge < -0.3 is 14.0 Å². The second kappa shape index (κ2) is 7.67. The minimum absolute atomic E-state index is 0.0225. The SMILES string of the molecule is COC(=O)CN1C(=O)S/C(=C\c2cn(CC(=O)OC)c3ccccc23)C1=O. The van der Waals surface area contributed by atoms with E-state index < -0.39 is 29.6 Å². The number of nitrogens with zero attached hydrogens (tertiary/aromatic N) is 2. The summed E-state index contributed by atoms with van der Waals surface area (Å²) in [5, 5.41) is 0.288. The number of fused-ring (bicyclic) bond motifs is 1. The highest BCUT2D eigenvalue weighted by atomic mass is 32.2. The topological polar surface area (TPSA) is 94.9 Å². The first-order chi connectivity index (χ1) is 12.9. The number of para-hydroxylation sites is 1. The molecule has 8 nitrogen and oxygen atoms in total. The zero-order valence-electron chi connectivity index (χ0n) is 14.6. The van der Waals surface area contributed by atoms with Crippen LogP contribution in [0.15, 0.2) is 35.4 Å². The summed E-state index contributed by atoms with van der Waals surface area (Å²) >= 11 is 0.755. The van der Waals surface area contributed by atoms with Crippen molar-refractivity contribution in [2.45, 2.75) is 6.54 Å². The quantitative estimate of drug-likeness (QED) is 0.571. The Morgan fingerprint density at radius 2 is 1.74 bits per heavy atom. The van der Waals surface area contributed by atoms with Crippen molar-refractivity contribution in [1.29, 1.82) is 0 Å². The zero-order valence-corrected chi connectivity index (χ0v) is 15.4. The van der Waals surface area contributed by atoms with E-state index in [1.54, 1.807) is 16.8 Å². The molecule has 0 bridgehead atoms. The Bertz CT molecular complexity index is 977. The van der Waals surface area contributed by atoms with Gasteiger partial charge in [-0.2, -0.15) is 0 Å². The van der Waals surface area contributed by atoms with Gasteiger partial charge in [-0.05, 0) is 23.9 Å². The maximum absolute atomic E-state index is 12.5. The minimum atomic E-state index is -0.673. The standard InChI is InChI=1S/C18H16N2O6S/c1-25-15(21)9-19-8-11(12-5-3-4-6-13(12)19)7-14-17(23)20(18(24)27-14)10-16(22)26-2/h3-8H,9-10H2,1-2H3/b14-7-. The van der Waals surface area contributed by atoms with E-state index in [1.165, 1.54) is 14.2 Å². The summed E-state index contributed by atoms with van der Waals surface area (Å²) in [6.45, 7) is -0.405. The molecule has 2 heterocycles. The monoisotopic (exact) mass is 388 g/mol. The lowest BCUT2D eigenvalue weighted by atomic mass is 10.1. The highest BCUT2D eigenvalue weighted by Crippen LogP contribution is 2.34. The highest BCUT2D eigenvalue weighted by molar-refractivity contribution is 8.18. The summed E-state index contributed by atoms with van der Waals surface area (Å²) in [6.07, 6.45) is 3.30. The summed E-state index contributed by atoms with van der Waals surface area (Å²) in [4.78, 5) is 48.6. The molecule has 2 amide bonds. The van der Waals surface area contributed by atoms with Crippen molar-refractivity contribution < 1.29 is 28.7 Å². The highest BCUT2D eigenvalue weighted by Gasteiger charge is 2.36. The van der Waals surface area contributed by atoms with Crippen molar-refractivity contribution in [2.24, 2.45) is 0 Å². The van der Waals surface area contributed by atoms with Crippen LogP contribution in [0.2, 0.25) is 0 Å². The molecule has 0 N–H and O–H groups in total. The summed E-state index contributed by atoms with van der Waals surface area (Å²) in [6, 6.07) is 7.38. The number of rotatable bonds is 5. The molecule has 140 valence electrons. The van der Waals surface area contributed by atoms with Crippen LogP contribution in [-0.2, 0) is 30.4 Å². The van der Waals surface area contributed by atoms with Crippen LogP contribution in [0.3, 0.4) is 0 Å². The lowest BCUT2D eigenvalue weighted by Gasteiger charge is -2.09. The van der Waals surface area contributed by atoms with E-state index in [0.717, 1.165) is 27.6 Å². The fraction of sp³-hybridized carbons (Fsp3) is 0.222. The van der Waals surface area contributed by atoms with Crippen molar-refractivity contribution >= 4 is 51.8 Å². The normalized spacial score (nSPS) is 15.6. The third-order valence-corrected chi connectivity index (χ3v) is 4.93. The Kier molecular flexibility index (Phi) is 5.31. The van der Waals surface area contributed by atoms with Crippen LogP contribution in [-0.4, -0.2) is 53.3 Å². The molecular formula is C18H16N2O6S. The number of hydrogen-bond donors (Lipinski definition) is 0. The second-order valence-electron chi connectivity index (χ2n) is 5.65. The largest absolute Gasteiger partial charge is 0.468 e. The van der Waals surface area contributed by atoms with Gasteiger partial charge in [0.1, 0.15) is 13.1 Å². The third-order valence-electron chi connectivity index (χ3n) is 4.02. The molecule has 1 aliphatic heterocycles. The van der Waals surface area contributed by atoms with Gasteiger partial charge in [-0.15, -0.1) is 0 Å². The Hall–Kier alpha value is -3.07. The van der Waals surface area contributed by atoms with Crippen molar-refractivity contribution in [3.63, 3.8) is 0 Å². The zero-order chi connectivity index (χ0) is 19.6. The van der Waals surface area contributed by atoms with Gasteiger partial charge in [0.2, 0.25) is 0 Å². The van der Waals surface area contributed by atoms with Crippen LogP contribution >= 0.6 is 11.8 Å². The number of carbonyl (C=O) groups excluding carboxylic acids is 4. The van der Waals surface area contributed by atoms with Gasteiger partial charge in [-0.3, -0.25) is 24.1 Å². The van der Waals surface area contributed by atoms with E-state index in [9.17, 15) is 19.2 Å². The average molecular weight is 388 g/mol. The first-order valence-corrected chi connectivity index (χ1v) is 8.73.